The van der Waals surface area contributed by atoms with E-state index in [0.717, 1.165) is 61.5 Å². The van der Waals surface area contributed by atoms with Crippen molar-refractivity contribution >= 4 is 63.4 Å². The maximum atomic E-state index is 12.3. The van der Waals surface area contributed by atoms with E-state index in [1.54, 1.807) is 6.07 Å². The first-order chi connectivity index (χ1) is 16.0. The molecule has 2 aliphatic rings. The fourth-order valence-corrected chi connectivity index (χ4v) is 5.22. The summed E-state index contributed by atoms with van der Waals surface area (Å²) in [6, 6.07) is 9.26. The van der Waals surface area contributed by atoms with Crippen LogP contribution in [0.1, 0.15) is 37.4 Å². The van der Waals surface area contributed by atoms with Gasteiger partial charge in [0.05, 0.1) is 21.2 Å². The molecule has 5 rings (SSSR count). The zero-order valence-electron chi connectivity index (χ0n) is 18.2. The molecule has 9 heteroatoms. The summed E-state index contributed by atoms with van der Waals surface area (Å²) in [4.78, 5) is 19.4. The summed E-state index contributed by atoms with van der Waals surface area (Å²) in [5.74, 6) is 0.951. The number of ether oxygens (including phenoxy) is 2. The molecule has 0 bridgehead atoms. The number of hydrogen-bond donors (Lipinski definition) is 0. The van der Waals surface area contributed by atoms with Gasteiger partial charge in [0.25, 0.3) is 0 Å². The largest absolute Gasteiger partial charge is 0.456 e. The van der Waals surface area contributed by atoms with Crippen LogP contribution in [0.3, 0.4) is 0 Å². The molecule has 1 aromatic heterocycles. The highest BCUT2D eigenvalue weighted by Crippen LogP contribution is 2.44. The molecule has 1 unspecified atom stereocenters. The molecule has 0 amide bonds. The van der Waals surface area contributed by atoms with Crippen molar-refractivity contribution in [1.82, 2.24) is 9.55 Å². The Balaban J connectivity index is 1.62. The molecule has 0 saturated heterocycles. The monoisotopic (exact) mass is 507 g/mol. The molecule has 1 aliphatic heterocycles. The first kappa shape index (κ1) is 22.8. The molecule has 1 atom stereocenters. The molecule has 1 saturated carbocycles. The number of fused-ring (bicyclic) bond motifs is 3. The Morgan fingerprint density at radius 1 is 1.15 bits per heavy atom. The van der Waals surface area contributed by atoms with E-state index in [2.05, 4.69) is 9.47 Å². The van der Waals surface area contributed by atoms with Gasteiger partial charge in [0, 0.05) is 30.8 Å². The Hall–Kier alpha value is -1.99. The summed E-state index contributed by atoms with van der Waals surface area (Å²) < 4.78 is 13.0. The maximum absolute atomic E-state index is 12.3. The molecule has 6 nitrogen and oxygen atoms in total. The average Bonchev–Trinajstić information content (AvgIpc) is 3.50. The third-order valence-corrected chi connectivity index (χ3v) is 7.03. The van der Waals surface area contributed by atoms with Crippen molar-refractivity contribution in [3.05, 3.63) is 51.0 Å². The number of methoxy groups -OCH3 is 1. The van der Waals surface area contributed by atoms with Gasteiger partial charge in [0.1, 0.15) is 18.2 Å². The number of rotatable bonds is 7. The van der Waals surface area contributed by atoms with Gasteiger partial charge in [-0.05, 0) is 43.0 Å². The molecule has 0 radical (unpaired) electrons. The fraction of sp³-hybridized carbons (Fsp3) is 0.417. The Labute approximate surface area is 207 Å². The second-order valence-electron chi connectivity index (χ2n) is 8.59. The van der Waals surface area contributed by atoms with E-state index in [4.69, 9.17) is 49.3 Å². The predicted octanol–water partition coefficient (Wildman–Crippen LogP) is 6.57. The molecular formula is C24H24Cl3N3O3. The normalized spacial score (nSPS) is 16.7. The van der Waals surface area contributed by atoms with Crippen LogP contribution in [0.4, 0.5) is 11.6 Å². The standard InChI is InChI=1S/C24H24Cl3N3O3/c1-32-13-21(31)33-20(11-14-3-4-14)16-6-7-17(26)22-23(16)30-10-2-9-29(24(30)28-22)19-8-5-15(25)12-18(19)27/h5-8,12,14,20H,2-4,9-11,13H2,1H3. The minimum atomic E-state index is -0.379. The van der Waals surface area contributed by atoms with Crippen LogP contribution in [0, 0.1) is 5.92 Å². The highest BCUT2D eigenvalue weighted by atomic mass is 35.5. The molecule has 2 aromatic carbocycles. The van der Waals surface area contributed by atoms with Gasteiger partial charge in [0.2, 0.25) is 5.95 Å². The van der Waals surface area contributed by atoms with Gasteiger partial charge in [0.15, 0.2) is 0 Å². The Bertz CT molecular complexity index is 1210. The van der Waals surface area contributed by atoms with Crippen LogP contribution in [0.25, 0.3) is 11.0 Å². The van der Waals surface area contributed by atoms with Crippen LogP contribution in [0.2, 0.25) is 15.1 Å². The number of benzene rings is 2. The number of anilines is 2. The van der Waals surface area contributed by atoms with E-state index in [-0.39, 0.29) is 18.7 Å². The van der Waals surface area contributed by atoms with Gasteiger partial charge in [-0.15, -0.1) is 0 Å². The summed E-state index contributed by atoms with van der Waals surface area (Å²) in [7, 11) is 1.49. The number of imidazole rings is 1. The molecule has 0 spiro atoms. The number of nitrogens with zero attached hydrogens (tertiary/aromatic N) is 3. The molecule has 0 N–H and O–H groups in total. The van der Waals surface area contributed by atoms with Crippen molar-refractivity contribution in [2.24, 2.45) is 5.92 Å². The smallest absolute Gasteiger partial charge is 0.332 e. The number of hydrogen-bond acceptors (Lipinski definition) is 5. The zero-order valence-corrected chi connectivity index (χ0v) is 20.5. The number of carbonyl (C=O) groups is 1. The number of aromatic nitrogens is 2. The van der Waals surface area contributed by atoms with Crippen molar-refractivity contribution in [2.45, 2.75) is 38.3 Å². The van der Waals surface area contributed by atoms with Crippen LogP contribution in [0.15, 0.2) is 30.3 Å². The summed E-state index contributed by atoms with van der Waals surface area (Å²) in [6.07, 6.45) is 3.61. The Morgan fingerprint density at radius 3 is 2.70 bits per heavy atom. The van der Waals surface area contributed by atoms with E-state index in [1.165, 1.54) is 7.11 Å². The van der Waals surface area contributed by atoms with Crippen LogP contribution < -0.4 is 4.90 Å². The van der Waals surface area contributed by atoms with Crippen LogP contribution in [-0.2, 0) is 20.8 Å². The molecule has 33 heavy (non-hydrogen) atoms. The third kappa shape index (κ3) is 4.54. The van der Waals surface area contributed by atoms with E-state index >= 15 is 0 Å². The van der Waals surface area contributed by atoms with E-state index in [0.29, 0.717) is 26.5 Å². The third-order valence-electron chi connectivity index (χ3n) is 6.19. The summed E-state index contributed by atoms with van der Waals surface area (Å²) in [5.41, 5.74) is 3.37. The van der Waals surface area contributed by atoms with Crippen molar-refractivity contribution in [2.75, 3.05) is 25.2 Å². The van der Waals surface area contributed by atoms with Gasteiger partial charge < -0.3 is 18.9 Å². The van der Waals surface area contributed by atoms with Crippen molar-refractivity contribution < 1.29 is 14.3 Å². The lowest BCUT2D eigenvalue weighted by Gasteiger charge is -2.30. The summed E-state index contributed by atoms with van der Waals surface area (Å²) in [5, 5.41) is 1.71. The van der Waals surface area contributed by atoms with Crippen LogP contribution in [-0.4, -0.2) is 35.8 Å². The first-order valence-corrected chi connectivity index (χ1v) is 12.2. The number of aryl methyl sites for hydroxylation is 1. The number of esters is 1. The molecule has 1 aliphatic carbocycles. The van der Waals surface area contributed by atoms with Gasteiger partial charge in [-0.25, -0.2) is 9.78 Å². The van der Waals surface area contributed by atoms with E-state index in [9.17, 15) is 4.79 Å². The molecular weight excluding hydrogens is 485 g/mol. The van der Waals surface area contributed by atoms with Crippen molar-refractivity contribution in [3.8, 4) is 0 Å². The predicted molar refractivity (Wildman–Crippen MR) is 131 cm³/mol. The Kier molecular flexibility index (Phi) is 6.45. The minimum absolute atomic E-state index is 0.0781. The van der Waals surface area contributed by atoms with Crippen LogP contribution in [0.5, 0.6) is 0 Å². The molecule has 2 heterocycles. The quantitative estimate of drug-likeness (QED) is 0.338. The second-order valence-corrected chi connectivity index (χ2v) is 9.84. The van der Waals surface area contributed by atoms with E-state index in [1.807, 2.05) is 24.3 Å². The average molecular weight is 509 g/mol. The highest BCUT2D eigenvalue weighted by molar-refractivity contribution is 6.36. The van der Waals surface area contributed by atoms with E-state index < -0.39 is 0 Å². The van der Waals surface area contributed by atoms with Gasteiger partial charge >= 0.3 is 5.97 Å². The lowest BCUT2D eigenvalue weighted by Crippen LogP contribution is -2.28. The number of carbonyl (C=O) groups excluding carboxylic acids is 1. The molecule has 1 fully saturated rings. The molecule has 3 aromatic rings. The lowest BCUT2D eigenvalue weighted by molar-refractivity contribution is -0.154. The van der Waals surface area contributed by atoms with Crippen molar-refractivity contribution in [1.29, 1.82) is 0 Å². The minimum Gasteiger partial charge on any atom is -0.456 e. The molecule has 174 valence electrons. The second kappa shape index (κ2) is 9.34. The van der Waals surface area contributed by atoms with Crippen molar-refractivity contribution in [3.63, 3.8) is 0 Å². The van der Waals surface area contributed by atoms with Crippen LogP contribution >= 0.6 is 34.8 Å². The maximum Gasteiger partial charge on any atom is 0.332 e. The summed E-state index contributed by atoms with van der Waals surface area (Å²) >= 11 is 19.3. The zero-order chi connectivity index (χ0) is 23.1. The highest BCUT2D eigenvalue weighted by Gasteiger charge is 2.33. The van der Waals surface area contributed by atoms with Gasteiger partial charge in [-0.3, -0.25) is 0 Å². The fourth-order valence-electron chi connectivity index (χ4n) is 4.52. The van der Waals surface area contributed by atoms with Gasteiger partial charge in [-0.2, -0.15) is 0 Å². The number of halogens is 3. The first-order valence-electron chi connectivity index (χ1n) is 11.1. The lowest BCUT2D eigenvalue weighted by atomic mass is 10.0. The summed E-state index contributed by atoms with van der Waals surface area (Å²) in [6.45, 7) is 1.47. The van der Waals surface area contributed by atoms with Gasteiger partial charge in [-0.1, -0.05) is 53.7 Å². The SMILES string of the molecule is COCC(=O)OC(CC1CC1)c1ccc(Cl)c2nc3n(c12)CCCN3c1ccc(Cl)cc1Cl. The topological polar surface area (TPSA) is 56.6 Å². The Morgan fingerprint density at radius 2 is 1.97 bits per heavy atom.